The van der Waals surface area contributed by atoms with Gasteiger partial charge in [0.05, 0.1) is 30.8 Å². The minimum absolute atomic E-state index is 0.0279. The molecule has 2 aliphatic heterocycles. The maximum atomic E-state index is 12.5. The molecule has 0 aromatic carbocycles. The molecule has 2 saturated heterocycles. The zero-order valence-electron chi connectivity index (χ0n) is 11.6. The van der Waals surface area contributed by atoms with Crippen LogP contribution in [0.1, 0.15) is 0 Å². The second kappa shape index (κ2) is 6.67. The molecule has 0 radical (unpaired) electrons. The van der Waals surface area contributed by atoms with Gasteiger partial charge in [0.2, 0.25) is 5.95 Å². The van der Waals surface area contributed by atoms with Crippen molar-refractivity contribution in [3.8, 4) is 0 Å². The summed E-state index contributed by atoms with van der Waals surface area (Å²) in [6, 6.07) is 0. The topological polar surface area (TPSA) is 67.8 Å². The maximum absolute atomic E-state index is 12.5. The number of carbonyl (C=O) groups is 1. The molecule has 21 heavy (non-hydrogen) atoms. The fourth-order valence-corrected chi connectivity index (χ4v) is 2.64. The molecule has 7 nitrogen and oxygen atoms in total. The number of hydrogen-bond acceptors (Lipinski definition) is 6. The molecule has 114 valence electrons. The summed E-state index contributed by atoms with van der Waals surface area (Å²) in [6.45, 7) is 4.13. The van der Waals surface area contributed by atoms with Crippen LogP contribution in [0.2, 0.25) is 0 Å². The molecule has 0 bridgehead atoms. The van der Waals surface area contributed by atoms with Gasteiger partial charge in [0.15, 0.2) is 6.10 Å². The molecule has 3 rings (SSSR count). The van der Waals surface area contributed by atoms with E-state index in [2.05, 4.69) is 25.9 Å². The van der Waals surface area contributed by atoms with Crippen LogP contribution in [-0.4, -0.2) is 72.9 Å². The normalized spacial score (nSPS) is 23.2. The van der Waals surface area contributed by atoms with Gasteiger partial charge in [-0.05, 0) is 15.9 Å². The van der Waals surface area contributed by atoms with Crippen molar-refractivity contribution in [3.63, 3.8) is 0 Å². The lowest BCUT2D eigenvalue weighted by Gasteiger charge is -2.36. The van der Waals surface area contributed by atoms with Crippen molar-refractivity contribution >= 4 is 27.8 Å². The molecule has 0 saturated carbocycles. The quantitative estimate of drug-likeness (QED) is 0.759. The van der Waals surface area contributed by atoms with Crippen LogP contribution in [0.15, 0.2) is 16.9 Å². The third kappa shape index (κ3) is 3.50. The summed E-state index contributed by atoms with van der Waals surface area (Å²) in [5, 5.41) is 0. The van der Waals surface area contributed by atoms with Gasteiger partial charge in [0.1, 0.15) is 0 Å². The molecule has 1 unspecified atom stereocenters. The second-order valence-corrected chi connectivity index (χ2v) is 5.86. The van der Waals surface area contributed by atoms with Crippen LogP contribution >= 0.6 is 15.9 Å². The Morgan fingerprint density at radius 2 is 1.90 bits per heavy atom. The number of hydrogen-bond donors (Lipinski definition) is 0. The first kappa shape index (κ1) is 14.7. The van der Waals surface area contributed by atoms with Crippen LogP contribution in [0, 0.1) is 0 Å². The van der Waals surface area contributed by atoms with E-state index in [9.17, 15) is 4.79 Å². The Morgan fingerprint density at radius 3 is 2.62 bits per heavy atom. The summed E-state index contributed by atoms with van der Waals surface area (Å²) in [5.41, 5.74) is 0. The van der Waals surface area contributed by atoms with Crippen molar-refractivity contribution in [3.05, 3.63) is 16.9 Å². The first-order chi connectivity index (χ1) is 10.2. The molecule has 1 aromatic rings. The molecule has 2 aliphatic rings. The van der Waals surface area contributed by atoms with E-state index in [1.807, 2.05) is 4.90 Å². The van der Waals surface area contributed by atoms with E-state index in [1.54, 1.807) is 17.3 Å². The van der Waals surface area contributed by atoms with Gasteiger partial charge >= 0.3 is 0 Å². The van der Waals surface area contributed by atoms with Crippen molar-refractivity contribution in [1.29, 1.82) is 0 Å². The van der Waals surface area contributed by atoms with Crippen LogP contribution in [0.5, 0.6) is 0 Å². The summed E-state index contributed by atoms with van der Waals surface area (Å²) in [4.78, 5) is 24.8. The second-order valence-electron chi connectivity index (χ2n) is 4.94. The van der Waals surface area contributed by atoms with E-state index in [0.29, 0.717) is 51.9 Å². The van der Waals surface area contributed by atoms with Gasteiger partial charge in [-0.25, -0.2) is 9.97 Å². The Bertz CT molecular complexity index is 493. The van der Waals surface area contributed by atoms with Crippen LogP contribution in [0.25, 0.3) is 0 Å². The third-order valence-electron chi connectivity index (χ3n) is 3.55. The monoisotopic (exact) mass is 356 g/mol. The highest BCUT2D eigenvalue weighted by Crippen LogP contribution is 2.16. The summed E-state index contributed by atoms with van der Waals surface area (Å²) < 4.78 is 11.7. The average molecular weight is 357 g/mol. The number of nitrogens with zero attached hydrogens (tertiary/aromatic N) is 4. The van der Waals surface area contributed by atoms with E-state index in [-0.39, 0.29) is 5.91 Å². The summed E-state index contributed by atoms with van der Waals surface area (Å²) in [7, 11) is 0. The fraction of sp³-hybridized carbons (Fsp3) is 0.615. The lowest BCUT2D eigenvalue weighted by atomic mass is 10.2. The third-order valence-corrected chi connectivity index (χ3v) is 3.96. The number of morpholine rings is 2. The summed E-state index contributed by atoms with van der Waals surface area (Å²) >= 11 is 3.32. The van der Waals surface area contributed by atoms with Crippen molar-refractivity contribution in [2.24, 2.45) is 0 Å². The molecule has 2 fully saturated rings. The average Bonchev–Trinajstić information content (AvgIpc) is 2.56. The molecule has 0 spiro atoms. The van der Waals surface area contributed by atoms with Crippen LogP contribution in [0.3, 0.4) is 0 Å². The standard InChI is InChI=1S/C13H17BrN4O3/c14-10-7-15-13(16-8-10)18-3-6-21-11(9-18)12(19)17-1-4-20-5-2-17/h7-8,11H,1-6,9H2. The van der Waals surface area contributed by atoms with Crippen LogP contribution < -0.4 is 4.90 Å². The molecule has 8 heteroatoms. The largest absolute Gasteiger partial charge is 0.378 e. The number of aromatic nitrogens is 2. The van der Waals surface area contributed by atoms with Gasteiger partial charge in [-0.3, -0.25) is 4.79 Å². The van der Waals surface area contributed by atoms with E-state index < -0.39 is 6.10 Å². The lowest BCUT2D eigenvalue weighted by Crippen LogP contribution is -2.53. The Morgan fingerprint density at radius 1 is 1.19 bits per heavy atom. The lowest BCUT2D eigenvalue weighted by molar-refractivity contribution is -0.148. The van der Waals surface area contributed by atoms with Crippen molar-refractivity contribution in [1.82, 2.24) is 14.9 Å². The smallest absolute Gasteiger partial charge is 0.253 e. The van der Waals surface area contributed by atoms with E-state index in [1.165, 1.54) is 0 Å². The Balaban J connectivity index is 1.64. The van der Waals surface area contributed by atoms with Crippen molar-refractivity contribution in [2.45, 2.75) is 6.10 Å². The SMILES string of the molecule is O=C(C1CN(c2ncc(Br)cn2)CCO1)N1CCOCC1. The minimum Gasteiger partial charge on any atom is -0.378 e. The number of rotatable bonds is 2. The van der Waals surface area contributed by atoms with Crippen molar-refractivity contribution in [2.75, 3.05) is 50.9 Å². The molecular formula is C13H17BrN4O3. The number of carbonyl (C=O) groups excluding carboxylic acids is 1. The zero-order chi connectivity index (χ0) is 14.7. The summed E-state index contributed by atoms with van der Waals surface area (Å²) in [6.07, 6.45) is 2.96. The molecule has 0 aliphatic carbocycles. The minimum atomic E-state index is -0.455. The zero-order valence-corrected chi connectivity index (χ0v) is 13.2. The molecular weight excluding hydrogens is 340 g/mol. The highest BCUT2D eigenvalue weighted by Gasteiger charge is 2.31. The predicted molar refractivity (Wildman–Crippen MR) is 79.1 cm³/mol. The van der Waals surface area contributed by atoms with E-state index >= 15 is 0 Å². The fourth-order valence-electron chi connectivity index (χ4n) is 2.44. The van der Waals surface area contributed by atoms with Gasteiger partial charge < -0.3 is 19.3 Å². The van der Waals surface area contributed by atoms with Gasteiger partial charge in [0, 0.05) is 32.0 Å². The van der Waals surface area contributed by atoms with Gasteiger partial charge in [-0.15, -0.1) is 0 Å². The number of amides is 1. The maximum Gasteiger partial charge on any atom is 0.253 e. The summed E-state index contributed by atoms with van der Waals surface area (Å²) in [5.74, 6) is 0.654. The molecule has 3 heterocycles. The molecule has 0 N–H and O–H groups in total. The van der Waals surface area contributed by atoms with Gasteiger partial charge in [-0.1, -0.05) is 0 Å². The van der Waals surface area contributed by atoms with E-state index in [4.69, 9.17) is 9.47 Å². The first-order valence-corrected chi connectivity index (χ1v) is 7.74. The van der Waals surface area contributed by atoms with Gasteiger partial charge in [-0.2, -0.15) is 0 Å². The molecule has 1 aromatic heterocycles. The van der Waals surface area contributed by atoms with Gasteiger partial charge in [0.25, 0.3) is 5.91 Å². The number of ether oxygens (including phenoxy) is 2. The Kier molecular flexibility index (Phi) is 4.67. The highest BCUT2D eigenvalue weighted by atomic mass is 79.9. The number of anilines is 1. The van der Waals surface area contributed by atoms with E-state index in [0.717, 1.165) is 4.47 Å². The van der Waals surface area contributed by atoms with Crippen molar-refractivity contribution < 1.29 is 14.3 Å². The highest BCUT2D eigenvalue weighted by molar-refractivity contribution is 9.10. The Labute approximate surface area is 131 Å². The molecule has 1 atom stereocenters. The first-order valence-electron chi connectivity index (χ1n) is 6.94. The Hall–Kier alpha value is -1.25. The number of halogens is 1. The van der Waals surface area contributed by atoms with Crippen LogP contribution in [-0.2, 0) is 14.3 Å². The molecule has 1 amide bonds. The van der Waals surface area contributed by atoms with Crippen LogP contribution in [0.4, 0.5) is 5.95 Å². The predicted octanol–water partition coefficient (Wildman–Crippen LogP) is 0.303.